The van der Waals surface area contributed by atoms with Gasteiger partial charge in [-0.25, -0.2) is 13.1 Å². The number of nitrogens with zero attached hydrogens (tertiary/aromatic N) is 1. The molecule has 0 saturated carbocycles. The van der Waals surface area contributed by atoms with E-state index in [0.717, 1.165) is 12.8 Å². The first-order chi connectivity index (χ1) is 14.1. The number of sulfonamides is 1. The number of rotatable bonds is 10. The van der Waals surface area contributed by atoms with Crippen LogP contribution in [0.1, 0.15) is 39.2 Å². The van der Waals surface area contributed by atoms with Gasteiger partial charge < -0.3 is 15.5 Å². The van der Waals surface area contributed by atoms with Crippen molar-refractivity contribution in [2.75, 3.05) is 20.1 Å². The van der Waals surface area contributed by atoms with Gasteiger partial charge in [0.15, 0.2) is 0 Å². The van der Waals surface area contributed by atoms with Crippen molar-refractivity contribution in [1.29, 1.82) is 0 Å². The normalized spacial score (nSPS) is 19.0. The summed E-state index contributed by atoms with van der Waals surface area (Å²) in [6.45, 7) is 6.25. The van der Waals surface area contributed by atoms with Gasteiger partial charge in [0.2, 0.25) is 21.8 Å². The van der Waals surface area contributed by atoms with E-state index in [-0.39, 0.29) is 36.1 Å². The maximum absolute atomic E-state index is 13.2. The maximum atomic E-state index is 13.2. The molecule has 30 heavy (non-hydrogen) atoms. The summed E-state index contributed by atoms with van der Waals surface area (Å²) in [6.07, 6.45) is 1.54. The van der Waals surface area contributed by atoms with E-state index in [9.17, 15) is 18.0 Å². The molecule has 0 unspecified atom stereocenters. The predicted molar refractivity (Wildman–Crippen MR) is 117 cm³/mol. The van der Waals surface area contributed by atoms with Crippen molar-refractivity contribution in [1.82, 2.24) is 20.3 Å². The minimum atomic E-state index is -3.51. The molecule has 1 fully saturated rings. The minimum absolute atomic E-state index is 0.0819. The lowest BCUT2D eigenvalue weighted by Crippen LogP contribution is -2.56. The molecule has 0 spiro atoms. The summed E-state index contributed by atoms with van der Waals surface area (Å²) in [5.74, 6) is -0.571. The summed E-state index contributed by atoms with van der Waals surface area (Å²) in [7, 11) is -1.82. The highest BCUT2D eigenvalue weighted by Crippen LogP contribution is 2.20. The molecule has 1 aromatic rings. The van der Waals surface area contributed by atoms with E-state index in [0.29, 0.717) is 12.1 Å². The highest BCUT2D eigenvalue weighted by atomic mass is 32.2. The fourth-order valence-corrected chi connectivity index (χ4v) is 4.69. The van der Waals surface area contributed by atoms with Crippen molar-refractivity contribution in [3.63, 3.8) is 0 Å². The quantitative estimate of drug-likeness (QED) is 0.502. The van der Waals surface area contributed by atoms with E-state index in [2.05, 4.69) is 15.4 Å². The Bertz CT molecular complexity index is 814. The van der Waals surface area contributed by atoms with Gasteiger partial charge in [-0.2, -0.15) is 0 Å². The van der Waals surface area contributed by atoms with E-state index in [1.807, 2.05) is 19.9 Å². The molecule has 0 radical (unpaired) electrons. The molecule has 2 amide bonds. The predicted octanol–water partition coefficient (Wildman–Crippen LogP) is 0.846. The van der Waals surface area contributed by atoms with Gasteiger partial charge >= 0.3 is 0 Å². The van der Waals surface area contributed by atoms with Gasteiger partial charge in [-0.05, 0) is 38.3 Å². The molecular weight excluding hydrogens is 404 g/mol. The lowest BCUT2D eigenvalue weighted by Gasteiger charge is -2.31. The molecule has 1 saturated heterocycles. The molecule has 3 atom stereocenters. The molecule has 0 bridgehead atoms. The third kappa shape index (κ3) is 6.78. The van der Waals surface area contributed by atoms with Crippen molar-refractivity contribution in [2.45, 2.75) is 57.5 Å². The number of hydrogen-bond donors (Lipinski definition) is 3. The highest BCUT2D eigenvalue weighted by molar-refractivity contribution is 7.88. The van der Waals surface area contributed by atoms with Gasteiger partial charge in [0, 0.05) is 19.1 Å². The SMILES string of the molecule is CN[C@@H](C)C(=O)N[C@H](C(=O)N1CCC[C@H]1CNS(=O)(=O)Cc1ccccc1)C(C)C. The molecule has 2 rings (SSSR count). The second kappa shape index (κ2) is 10.9. The number of carbonyl (C=O) groups is 2. The summed E-state index contributed by atoms with van der Waals surface area (Å²) in [6, 6.07) is 7.72. The Labute approximate surface area is 179 Å². The van der Waals surface area contributed by atoms with Gasteiger partial charge in [0.05, 0.1) is 11.8 Å². The number of carbonyl (C=O) groups excluding carboxylic acids is 2. The molecular formula is C21H34N4O4S. The number of nitrogens with one attached hydrogen (secondary N) is 3. The summed E-state index contributed by atoms with van der Waals surface area (Å²) in [5, 5.41) is 5.71. The lowest BCUT2D eigenvalue weighted by atomic mass is 10.0. The van der Waals surface area contributed by atoms with Crippen LogP contribution >= 0.6 is 0 Å². The number of amides is 2. The van der Waals surface area contributed by atoms with E-state index in [1.54, 1.807) is 43.1 Å². The lowest BCUT2D eigenvalue weighted by molar-refractivity contribution is -0.138. The fraction of sp³-hybridized carbons (Fsp3) is 0.619. The first kappa shape index (κ1) is 24.3. The minimum Gasteiger partial charge on any atom is -0.343 e. The van der Waals surface area contributed by atoms with Crippen LogP contribution < -0.4 is 15.4 Å². The Morgan fingerprint density at radius 1 is 1.17 bits per heavy atom. The topological polar surface area (TPSA) is 108 Å². The van der Waals surface area contributed by atoms with Crippen LogP contribution in [-0.4, -0.2) is 63.4 Å². The standard InChI is InChI=1S/C21H34N4O4S/c1-15(2)19(24-20(26)16(3)22-4)21(27)25-12-8-11-18(25)13-23-30(28,29)14-17-9-6-5-7-10-17/h5-7,9-10,15-16,18-19,22-23H,8,11-14H2,1-4H3,(H,24,26)/t16-,18-,19-/m0/s1. The first-order valence-corrected chi connectivity index (χ1v) is 12.1. The third-order valence-corrected chi connectivity index (χ3v) is 6.78. The summed E-state index contributed by atoms with van der Waals surface area (Å²) in [5.41, 5.74) is 0.714. The number of benzene rings is 1. The van der Waals surface area contributed by atoms with Crippen LogP contribution in [0.15, 0.2) is 30.3 Å². The maximum Gasteiger partial charge on any atom is 0.245 e. The Morgan fingerprint density at radius 3 is 2.43 bits per heavy atom. The van der Waals surface area contributed by atoms with Crippen molar-refractivity contribution in [3.8, 4) is 0 Å². The second-order valence-corrected chi connectivity index (χ2v) is 9.97. The number of likely N-dealkylation sites (tertiary alicyclic amines) is 1. The largest absolute Gasteiger partial charge is 0.343 e. The summed E-state index contributed by atoms with van der Waals surface area (Å²) in [4.78, 5) is 27.2. The molecule has 9 heteroatoms. The molecule has 1 aliphatic rings. The molecule has 1 aliphatic heterocycles. The van der Waals surface area contributed by atoms with Gasteiger partial charge in [-0.15, -0.1) is 0 Å². The van der Waals surface area contributed by atoms with Crippen molar-refractivity contribution >= 4 is 21.8 Å². The van der Waals surface area contributed by atoms with Crippen LogP contribution in [0.2, 0.25) is 0 Å². The number of likely N-dealkylation sites (N-methyl/N-ethyl adjacent to an activating group) is 1. The Morgan fingerprint density at radius 2 is 1.83 bits per heavy atom. The van der Waals surface area contributed by atoms with Gasteiger partial charge in [-0.3, -0.25) is 9.59 Å². The van der Waals surface area contributed by atoms with Crippen molar-refractivity contribution in [3.05, 3.63) is 35.9 Å². The molecule has 8 nitrogen and oxygen atoms in total. The van der Waals surface area contributed by atoms with Crippen molar-refractivity contribution < 1.29 is 18.0 Å². The first-order valence-electron chi connectivity index (χ1n) is 10.4. The van der Waals surface area contributed by atoms with Crippen LogP contribution in [0.4, 0.5) is 0 Å². The molecule has 1 heterocycles. The van der Waals surface area contributed by atoms with E-state index in [1.165, 1.54) is 0 Å². The zero-order valence-corrected chi connectivity index (χ0v) is 19.0. The van der Waals surface area contributed by atoms with Crippen LogP contribution in [-0.2, 0) is 25.4 Å². The van der Waals surface area contributed by atoms with Gasteiger partial charge in [0.1, 0.15) is 6.04 Å². The fourth-order valence-electron chi connectivity index (χ4n) is 3.51. The van der Waals surface area contributed by atoms with E-state index >= 15 is 0 Å². The third-order valence-electron chi connectivity index (χ3n) is 5.46. The zero-order valence-electron chi connectivity index (χ0n) is 18.2. The Hall–Kier alpha value is -1.97. The zero-order chi connectivity index (χ0) is 22.3. The van der Waals surface area contributed by atoms with Crippen LogP contribution in [0, 0.1) is 5.92 Å². The van der Waals surface area contributed by atoms with E-state index < -0.39 is 22.1 Å². The smallest absolute Gasteiger partial charge is 0.245 e. The highest BCUT2D eigenvalue weighted by Gasteiger charge is 2.36. The Balaban J connectivity index is 2.00. The number of hydrogen-bond acceptors (Lipinski definition) is 5. The Kier molecular flexibility index (Phi) is 8.81. The van der Waals surface area contributed by atoms with Gasteiger partial charge in [0.25, 0.3) is 0 Å². The van der Waals surface area contributed by atoms with Crippen LogP contribution in [0.5, 0.6) is 0 Å². The molecule has 168 valence electrons. The van der Waals surface area contributed by atoms with E-state index in [4.69, 9.17) is 0 Å². The average molecular weight is 439 g/mol. The summed E-state index contributed by atoms with van der Waals surface area (Å²) < 4.78 is 27.6. The van der Waals surface area contributed by atoms with Gasteiger partial charge in [-0.1, -0.05) is 44.2 Å². The van der Waals surface area contributed by atoms with Crippen molar-refractivity contribution in [2.24, 2.45) is 5.92 Å². The monoisotopic (exact) mass is 438 g/mol. The molecule has 0 aliphatic carbocycles. The average Bonchev–Trinajstić information content (AvgIpc) is 3.18. The molecule has 0 aromatic heterocycles. The molecule has 1 aromatic carbocycles. The van der Waals surface area contributed by atoms with Crippen LogP contribution in [0.3, 0.4) is 0 Å². The van der Waals surface area contributed by atoms with Crippen LogP contribution in [0.25, 0.3) is 0 Å². The molecule has 3 N–H and O–H groups in total. The summed E-state index contributed by atoms with van der Waals surface area (Å²) >= 11 is 0. The second-order valence-electron chi connectivity index (χ2n) is 8.16.